The number of carbonyl (C=O) groups excluding carboxylic acids is 2. The Morgan fingerprint density at radius 3 is 2.34 bits per heavy atom. The molecule has 3 rings (SSSR count). The number of ether oxygens (including phenoxy) is 3. The third kappa shape index (κ3) is 6.21. The maximum atomic E-state index is 12.0. The molecule has 1 N–H and O–H groups in total. The Bertz CT molecular complexity index is 1070. The monoisotopic (exact) mass is 436 g/mol. The molecule has 0 fully saturated rings. The van der Waals surface area contributed by atoms with Crippen molar-refractivity contribution in [2.75, 3.05) is 19.8 Å². The van der Waals surface area contributed by atoms with E-state index in [0.717, 1.165) is 5.56 Å². The van der Waals surface area contributed by atoms with E-state index < -0.39 is 5.91 Å². The summed E-state index contributed by atoms with van der Waals surface area (Å²) in [6.45, 7) is 4.24. The third-order valence-corrected chi connectivity index (χ3v) is 4.20. The van der Waals surface area contributed by atoms with Gasteiger partial charge in [0.15, 0.2) is 18.1 Å². The van der Waals surface area contributed by atoms with Crippen LogP contribution in [0.1, 0.15) is 30.0 Å². The average Bonchev–Trinajstić information content (AvgIpc) is 3.28. The highest BCUT2D eigenvalue weighted by atomic mass is 16.5. The molecule has 0 saturated carbocycles. The zero-order valence-electron chi connectivity index (χ0n) is 17.9. The van der Waals surface area contributed by atoms with Gasteiger partial charge in [-0.1, -0.05) is 24.3 Å². The number of furan rings is 1. The molecular formula is C24H24N2O6. The smallest absolute Gasteiger partial charge is 0.338 e. The van der Waals surface area contributed by atoms with E-state index in [1.165, 1.54) is 6.21 Å². The lowest BCUT2D eigenvalue weighted by atomic mass is 10.1. The highest BCUT2D eigenvalue weighted by molar-refractivity contribution is 5.90. The van der Waals surface area contributed by atoms with Crippen LogP contribution in [0.4, 0.5) is 0 Å². The first kappa shape index (κ1) is 22.6. The van der Waals surface area contributed by atoms with Gasteiger partial charge in [-0.05, 0) is 50.2 Å². The number of rotatable bonds is 10. The van der Waals surface area contributed by atoms with Crippen molar-refractivity contribution < 1.29 is 28.2 Å². The maximum absolute atomic E-state index is 12.0. The minimum absolute atomic E-state index is 0.211. The van der Waals surface area contributed by atoms with Crippen LogP contribution < -0.4 is 14.9 Å². The molecule has 166 valence electrons. The van der Waals surface area contributed by atoms with Gasteiger partial charge in [0.25, 0.3) is 5.91 Å². The van der Waals surface area contributed by atoms with Crippen molar-refractivity contribution in [1.82, 2.24) is 5.43 Å². The van der Waals surface area contributed by atoms with Crippen LogP contribution in [0.3, 0.4) is 0 Å². The van der Waals surface area contributed by atoms with Gasteiger partial charge in [-0.3, -0.25) is 4.79 Å². The first-order chi connectivity index (χ1) is 15.6. The second-order valence-electron chi connectivity index (χ2n) is 6.46. The quantitative estimate of drug-likeness (QED) is 0.292. The van der Waals surface area contributed by atoms with Crippen molar-refractivity contribution in [3.05, 3.63) is 72.0 Å². The van der Waals surface area contributed by atoms with E-state index in [1.54, 1.807) is 61.5 Å². The van der Waals surface area contributed by atoms with Crippen LogP contribution in [0, 0.1) is 0 Å². The normalized spacial score (nSPS) is 10.7. The molecule has 0 unspecified atom stereocenters. The van der Waals surface area contributed by atoms with E-state index >= 15 is 0 Å². The average molecular weight is 436 g/mol. The molecule has 8 nitrogen and oxygen atoms in total. The Morgan fingerprint density at radius 2 is 1.66 bits per heavy atom. The van der Waals surface area contributed by atoms with Gasteiger partial charge in [0, 0.05) is 5.56 Å². The maximum Gasteiger partial charge on any atom is 0.338 e. The number of carbonyl (C=O) groups is 2. The molecule has 0 bridgehead atoms. The summed E-state index contributed by atoms with van der Waals surface area (Å²) in [5.41, 5.74) is 3.65. The zero-order chi connectivity index (χ0) is 22.8. The van der Waals surface area contributed by atoms with Crippen molar-refractivity contribution >= 4 is 18.1 Å². The number of amides is 1. The van der Waals surface area contributed by atoms with Gasteiger partial charge in [0.2, 0.25) is 0 Å². The van der Waals surface area contributed by atoms with Crippen molar-refractivity contribution in [1.29, 1.82) is 0 Å². The Hall–Kier alpha value is -4.07. The number of para-hydroxylation sites is 2. The molecule has 0 aliphatic rings. The van der Waals surface area contributed by atoms with Crippen LogP contribution >= 0.6 is 0 Å². The number of hydrogen-bond donors (Lipinski definition) is 1. The molecule has 2 aromatic carbocycles. The lowest BCUT2D eigenvalue weighted by Gasteiger charge is -2.10. The van der Waals surface area contributed by atoms with Crippen LogP contribution in [0.5, 0.6) is 11.5 Å². The summed E-state index contributed by atoms with van der Waals surface area (Å²) >= 11 is 0. The van der Waals surface area contributed by atoms with Crippen LogP contribution in [-0.2, 0) is 9.53 Å². The predicted octanol–water partition coefficient (Wildman–Crippen LogP) is 4.05. The van der Waals surface area contributed by atoms with E-state index in [2.05, 4.69) is 10.5 Å². The first-order valence-corrected chi connectivity index (χ1v) is 10.1. The summed E-state index contributed by atoms with van der Waals surface area (Å²) in [7, 11) is 0. The Labute approximate surface area is 185 Å². The molecule has 8 heteroatoms. The fourth-order valence-corrected chi connectivity index (χ4v) is 2.75. The number of nitrogens with zero attached hydrogens (tertiary/aromatic N) is 1. The molecule has 1 amide bonds. The van der Waals surface area contributed by atoms with Crippen LogP contribution in [0.15, 0.2) is 70.2 Å². The predicted molar refractivity (Wildman–Crippen MR) is 119 cm³/mol. The topological polar surface area (TPSA) is 99.4 Å². The summed E-state index contributed by atoms with van der Waals surface area (Å²) in [4.78, 5) is 23.7. The minimum Gasteiger partial charge on any atom is -0.490 e. The molecule has 0 atom stereocenters. The molecule has 1 aromatic heterocycles. The van der Waals surface area contributed by atoms with E-state index in [-0.39, 0.29) is 12.6 Å². The third-order valence-electron chi connectivity index (χ3n) is 4.20. The molecule has 0 spiro atoms. The van der Waals surface area contributed by atoms with E-state index in [4.69, 9.17) is 18.6 Å². The van der Waals surface area contributed by atoms with Gasteiger partial charge in [-0.15, -0.1) is 0 Å². The second kappa shape index (κ2) is 11.4. The van der Waals surface area contributed by atoms with Crippen molar-refractivity contribution in [3.63, 3.8) is 0 Å². The molecule has 0 aliphatic heterocycles. The highest BCUT2D eigenvalue weighted by Gasteiger charge is 2.09. The Balaban J connectivity index is 1.51. The fourth-order valence-electron chi connectivity index (χ4n) is 2.75. The largest absolute Gasteiger partial charge is 0.490 e. The van der Waals surface area contributed by atoms with Crippen LogP contribution in [0.2, 0.25) is 0 Å². The number of esters is 1. The molecule has 3 aromatic rings. The van der Waals surface area contributed by atoms with Crippen LogP contribution in [-0.4, -0.2) is 37.9 Å². The lowest BCUT2D eigenvalue weighted by Crippen LogP contribution is -2.24. The molecule has 32 heavy (non-hydrogen) atoms. The number of hydrogen-bond acceptors (Lipinski definition) is 7. The highest BCUT2D eigenvalue weighted by Crippen LogP contribution is 2.26. The van der Waals surface area contributed by atoms with Gasteiger partial charge in [-0.25, -0.2) is 10.2 Å². The fraction of sp³-hybridized carbons (Fsp3) is 0.208. The summed E-state index contributed by atoms with van der Waals surface area (Å²) in [6.07, 6.45) is 1.39. The van der Waals surface area contributed by atoms with Gasteiger partial charge in [0.05, 0.1) is 25.0 Å². The molecule has 0 radical (unpaired) electrons. The first-order valence-electron chi connectivity index (χ1n) is 10.1. The summed E-state index contributed by atoms with van der Waals surface area (Å²) in [5.74, 6) is 1.32. The van der Waals surface area contributed by atoms with Gasteiger partial charge < -0.3 is 18.6 Å². The van der Waals surface area contributed by atoms with Gasteiger partial charge in [-0.2, -0.15) is 5.10 Å². The second-order valence-corrected chi connectivity index (χ2v) is 6.46. The zero-order valence-corrected chi connectivity index (χ0v) is 17.9. The van der Waals surface area contributed by atoms with Gasteiger partial charge in [0.1, 0.15) is 11.5 Å². The summed E-state index contributed by atoms with van der Waals surface area (Å²) < 4.78 is 21.6. The molecule has 0 saturated heterocycles. The Morgan fingerprint density at radius 1 is 0.938 bits per heavy atom. The standard InChI is InChI=1S/C24H24N2O6/c1-3-29-21-7-5-6-8-22(21)31-16-23(27)26-25-15-19-13-14-20(32-19)17-9-11-18(12-10-17)24(28)30-4-2/h5-15H,3-4,16H2,1-2H3,(H,26,27)/b25-15+. The lowest BCUT2D eigenvalue weighted by molar-refractivity contribution is -0.123. The summed E-state index contributed by atoms with van der Waals surface area (Å²) in [6, 6.07) is 17.5. The number of hydrazone groups is 1. The SMILES string of the molecule is CCOC(=O)c1ccc(-c2ccc(/C=N/NC(=O)COc3ccccc3OCC)o2)cc1. The summed E-state index contributed by atoms with van der Waals surface area (Å²) in [5, 5.41) is 3.89. The molecule has 0 aliphatic carbocycles. The number of benzene rings is 2. The molecular weight excluding hydrogens is 412 g/mol. The van der Waals surface area contributed by atoms with E-state index in [0.29, 0.717) is 41.8 Å². The van der Waals surface area contributed by atoms with E-state index in [9.17, 15) is 9.59 Å². The Kier molecular flexibility index (Phi) is 8.02. The van der Waals surface area contributed by atoms with E-state index in [1.807, 2.05) is 13.0 Å². The number of nitrogens with one attached hydrogen (secondary N) is 1. The van der Waals surface area contributed by atoms with Crippen molar-refractivity contribution in [2.45, 2.75) is 13.8 Å². The van der Waals surface area contributed by atoms with Crippen molar-refractivity contribution in [3.8, 4) is 22.8 Å². The molecule has 1 heterocycles. The van der Waals surface area contributed by atoms with Gasteiger partial charge >= 0.3 is 5.97 Å². The van der Waals surface area contributed by atoms with Crippen molar-refractivity contribution in [2.24, 2.45) is 5.10 Å². The minimum atomic E-state index is -0.422. The van der Waals surface area contributed by atoms with Crippen LogP contribution in [0.25, 0.3) is 11.3 Å².